The van der Waals surface area contributed by atoms with Crippen molar-refractivity contribution in [3.05, 3.63) is 47.0 Å². The van der Waals surface area contributed by atoms with E-state index in [9.17, 15) is 19.8 Å². The number of carbonyl (C=O) groups is 2. The average molecular weight is 651 g/mol. The van der Waals surface area contributed by atoms with Crippen LogP contribution in [0.2, 0.25) is 0 Å². The number of carbonyl (C=O) groups excluding carboxylic acids is 2. The number of fused-ring (bicyclic) bond motifs is 1. The molecule has 1 saturated heterocycles. The molecule has 0 radical (unpaired) electrons. The first-order valence-corrected chi connectivity index (χ1v) is 17.7. The smallest absolute Gasteiger partial charge is 0.262 e. The SMILES string of the molecule is CCN1CCC(c2cc(CCOCCC(=O)N(CCNCCc3ccc(O)c4c3OCC(=O)N4)[C@H](C)C3CCCC3)ccc2O)CC1. The number of hydrogen-bond donors (Lipinski definition) is 4. The van der Waals surface area contributed by atoms with Crippen LogP contribution in [0.5, 0.6) is 17.2 Å². The molecular formula is C37H54N4O6. The van der Waals surface area contributed by atoms with Gasteiger partial charge in [0.2, 0.25) is 5.91 Å². The van der Waals surface area contributed by atoms with Gasteiger partial charge in [0.25, 0.3) is 5.91 Å². The topological polar surface area (TPSA) is 124 Å². The number of hydrogen-bond acceptors (Lipinski definition) is 8. The molecule has 2 aromatic carbocycles. The van der Waals surface area contributed by atoms with E-state index in [1.165, 1.54) is 25.7 Å². The zero-order chi connectivity index (χ0) is 33.2. The number of rotatable bonds is 16. The number of likely N-dealkylation sites (tertiary alicyclic amines) is 1. The largest absolute Gasteiger partial charge is 0.508 e. The first kappa shape index (κ1) is 35.0. The third-order valence-electron chi connectivity index (χ3n) is 10.4. The highest BCUT2D eigenvalue weighted by Crippen LogP contribution is 2.39. The van der Waals surface area contributed by atoms with Crippen LogP contribution in [0.3, 0.4) is 0 Å². The fourth-order valence-corrected chi connectivity index (χ4v) is 7.45. The summed E-state index contributed by atoms with van der Waals surface area (Å²) in [6, 6.07) is 9.54. The van der Waals surface area contributed by atoms with Crippen molar-refractivity contribution in [1.29, 1.82) is 0 Å². The van der Waals surface area contributed by atoms with E-state index in [4.69, 9.17) is 9.47 Å². The zero-order valence-electron chi connectivity index (χ0n) is 28.3. The van der Waals surface area contributed by atoms with Gasteiger partial charge in [0.15, 0.2) is 12.4 Å². The van der Waals surface area contributed by atoms with E-state index in [-0.39, 0.29) is 30.2 Å². The predicted molar refractivity (Wildman–Crippen MR) is 183 cm³/mol. The van der Waals surface area contributed by atoms with Gasteiger partial charge in [-0.3, -0.25) is 9.59 Å². The summed E-state index contributed by atoms with van der Waals surface area (Å²) >= 11 is 0. The summed E-state index contributed by atoms with van der Waals surface area (Å²) in [5.41, 5.74) is 3.46. The summed E-state index contributed by atoms with van der Waals surface area (Å²) in [5, 5.41) is 26.8. The summed E-state index contributed by atoms with van der Waals surface area (Å²) < 4.78 is 11.6. The summed E-state index contributed by atoms with van der Waals surface area (Å²) in [6.07, 6.45) is 8.73. The number of aromatic hydroxyl groups is 2. The molecule has 1 atom stereocenters. The molecule has 4 N–H and O–H groups in total. The molecule has 47 heavy (non-hydrogen) atoms. The molecule has 2 fully saturated rings. The standard InChI is InChI=1S/C37H54N4O6/c1-3-40-19-13-29(14-20-40)31-24-27(8-10-32(31)42)15-22-46-23-16-35(45)41(26(2)28-6-4-5-7-28)21-18-38-17-12-30-9-11-33(43)36-37(30)47-25-34(44)39-36/h8-11,24,26,28-29,38,42-43H,3-7,12-23,25H2,1-2H3,(H,39,44)/t26-/m1/s1. The Morgan fingerprint density at radius 2 is 1.83 bits per heavy atom. The molecular weight excluding hydrogens is 596 g/mol. The average Bonchev–Trinajstić information content (AvgIpc) is 3.63. The minimum atomic E-state index is -0.278. The van der Waals surface area contributed by atoms with Crippen molar-refractivity contribution in [1.82, 2.24) is 15.1 Å². The molecule has 2 amide bonds. The van der Waals surface area contributed by atoms with Crippen molar-refractivity contribution in [3.8, 4) is 17.2 Å². The van der Waals surface area contributed by atoms with Crippen LogP contribution in [0.25, 0.3) is 0 Å². The van der Waals surface area contributed by atoms with E-state index in [2.05, 4.69) is 35.4 Å². The number of piperidine rings is 1. The second-order valence-corrected chi connectivity index (χ2v) is 13.4. The molecule has 10 nitrogen and oxygen atoms in total. The monoisotopic (exact) mass is 650 g/mol. The van der Waals surface area contributed by atoms with Gasteiger partial charge in [-0.1, -0.05) is 38.0 Å². The van der Waals surface area contributed by atoms with Gasteiger partial charge in [0.1, 0.15) is 17.2 Å². The van der Waals surface area contributed by atoms with Crippen molar-refractivity contribution < 1.29 is 29.3 Å². The van der Waals surface area contributed by atoms with E-state index in [0.29, 0.717) is 74.7 Å². The molecule has 2 aromatic rings. The normalized spacial score (nSPS) is 18.0. The Hall–Kier alpha value is -3.34. The highest BCUT2D eigenvalue weighted by Gasteiger charge is 2.29. The summed E-state index contributed by atoms with van der Waals surface area (Å²) in [6.45, 7) is 10.5. The van der Waals surface area contributed by atoms with E-state index in [0.717, 1.165) is 55.6 Å². The minimum absolute atomic E-state index is 0.00309. The molecule has 5 rings (SSSR count). The van der Waals surface area contributed by atoms with E-state index >= 15 is 0 Å². The van der Waals surface area contributed by atoms with E-state index < -0.39 is 0 Å². The van der Waals surface area contributed by atoms with Crippen LogP contribution in [0, 0.1) is 5.92 Å². The van der Waals surface area contributed by atoms with Gasteiger partial charge < -0.3 is 40.1 Å². The first-order chi connectivity index (χ1) is 22.8. The zero-order valence-corrected chi connectivity index (χ0v) is 28.3. The second-order valence-electron chi connectivity index (χ2n) is 13.4. The molecule has 10 heteroatoms. The highest BCUT2D eigenvalue weighted by atomic mass is 16.5. The van der Waals surface area contributed by atoms with E-state index in [1.54, 1.807) is 6.07 Å². The number of nitrogens with zero attached hydrogens (tertiary/aromatic N) is 2. The third kappa shape index (κ3) is 9.39. The molecule has 0 bridgehead atoms. The van der Waals surface area contributed by atoms with Gasteiger partial charge in [-0.05, 0) is 112 Å². The second kappa shape index (κ2) is 17.2. The fraction of sp³-hybridized carbons (Fsp3) is 0.622. The number of phenols is 2. The predicted octanol–water partition coefficient (Wildman–Crippen LogP) is 4.82. The van der Waals surface area contributed by atoms with Crippen molar-refractivity contribution >= 4 is 17.5 Å². The van der Waals surface area contributed by atoms with Crippen LogP contribution >= 0.6 is 0 Å². The Morgan fingerprint density at radius 3 is 2.60 bits per heavy atom. The molecule has 0 unspecified atom stereocenters. The number of amides is 2. The van der Waals surface area contributed by atoms with E-state index in [1.807, 2.05) is 23.1 Å². The molecule has 1 saturated carbocycles. The Morgan fingerprint density at radius 1 is 1.06 bits per heavy atom. The summed E-state index contributed by atoms with van der Waals surface area (Å²) in [5.74, 6) is 1.70. The Bertz CT molecular complexity index is 1340. The van der Waals surface area contributed by atoms with Gasteiger partial charge in [-0.2, -0.15) is 0 Å². The van der Waals surface area contributed by atoms with Crippen molar-refractivity contribution in [3.63, 3.8) is 0 Å². The van der Waals surface area contributed by atoms with Crippen LogP contribution in [0.1, 0.15) is 81.4 Å². The van der Waals surface area contributed by atoms with Gasteiger partial charge in [0, 0.05) is 19.1 Å². The lowest BCUT2D eigenvalue weighted by atomic mass is 9.87. The number of ether oxygens (including phenoxy) is 2. The maximum absolute atomic E-state index is 13.5. The molecule has 1 aliphatic carbocycles. The van der Waals surface area contributed by atoms with Crippen molar-refractivity contribution in [2.75, 3.05) is 64.4 Å². The number of phenolic OH excluding ortho intramolecular Hbond substituents is 2. The van der Waals surface area contributed by atoms with Crippen molar-refractivity contribution in [2.45, 2.75) is 83.6 Å². The van der Waals surface area contributed by atoms with Crippen LogP contribution in [-0.4, -0.2) is 97.0 Å². The molecule has 2 aliphatic heterocycles. The number of anilines is 1. The molecule has 0 spiro atoms. The number of benzene rings is 2. The van der Waals surface area contributed by atoms with Crippen molar-refractivity contribution in [2.24, 2.45) is 5.92 Å². The Labute approximate surface area is 279 Å². The maximum Gasteiger partial charge on any atom is 0.262 e. The van der Waals surface area contributed by atoms with Gasteiger partial charge in [-0.25, -0.2) is 0 Å². The van der Waals surface area contributed by atoms with Crippen LogP contribution in [-0.2, 0) is 27.2 Å². The molecule has 0 aromatic heterocycles. The lowest BCUT2D eigenvalue weighted by Crippen LogP contribution is -2.46. The van der Waals surface area contributed by atoms with Crippen LogP contribution in [0.4, 0.5) is 5.69 Å². The minimum Gasteiger partial charge on any atom is -0.508 e. The number of nitrogens with one attached hydrogen (secondary N) is 2. The molecule has 3 aliphatic rings. The Balaban J connectivity index is 1.06. The summed E-state index contributed by atoms with van der Waals surface area (Å²) in [7, 11) is 0. The Kier molecular flexibility index (Phi) is 12.8. The molecule has 2 heterocycles. The quantitative estimate of drug-likeness (QED) is 0.151. The fourth-order valence-electron chi connectivity index (χ4n) is 7.45. The van der Waals surface area contributed by atoms with Crippen LogP contribution < -0.4 is 15.4 Å². The van der Waals surface area contributed by atoms with Gasteiger partial charge >= 0.3 is 0 Å². The molecule has 258 valence electrons. The third-order valence-corrected chi connectivity index (χ3v) is 10.4. The lowest BCUT2D eigenvalue weighted by molar-refractivity contribution is -0.135. The maximum atomic E-state index is 13.5. The highest BCUT2D eigenvalue weighted by molar-refractivity contribution is 5.97. The first-order valence-electron chi connectivity index (χ1n) is 17.7. The van der Waals surface area contributed by atoms with Gasteiger partial charge in [0.05, 0.1) is 19.6 Å². The van der Waals surface area contributed by atoms with Gasteiger partial charge in [-0.15, -0.1) is 0 Å². The summed E-state index contributed by atoms with van der Waals surface area (Å²) in [4.78, 5) is 29.7. The lowest BCUT2D eigenvalue weighted by Gasteiger charge is -2.33. The van der Waals surface area contributed by atoms with Crippen LogP contribution in [0.15, 0.2) is 30.3 Å².